The van der Waals surface area contributed by atoms with Crippen molar-refractivity contribution in [1.29, 1.82) is 0 Å². The number of unbranched alkanes of at least 4 members (excludes halogenated alkanes) is 1. The van der Waals surface area contributed by atoms with Crippen molar-refractivity contribution in [2.24, 2.45) is 5.41 Å². The molecular formula is C12H19NO3. The summed E-state index contributed by atoms with van der Waals surface area (Å²) in [5.41, 5.74) is 0.497. The van der Waals surface area contributed by atoms with Gasteiger partial charge in [0.1, 0.15) is 0 Å². The molecule has 0 aromatic rings. The number of nitrogens with zero attached hydrogens (tertiary/aromatic N) is 1. The van der Waals surface area contributed by atoms with E-state index in [2.05, 4.69) is 0 Å². The number of rotatable bonds is 5. The molecule has 16 heavy (non-hydrogen) atoms. The Kier molecular flexibility index (Phi) is 3.17. The van der Waals surface area contributed by atoms with Crippen LogP contribution in [0, 0.1) is 5.41 Å². The molecule has 1 aliphatic heterocycles. The van der Waals surface area contributed by atoms with E-state index in [-0.39, 0.29) is 12.3 Å². The Morgan fingerprint density at radius 3 is 2.38 bits per heavy atom. The highest BCUT2D eigenvalue weighted by molar-refractivity contribution is 5.76. The molecule has 0 unspecified atom stereocenters. The second-order valence-electron chi connectivity index (χ2n) is 5.17. The smallest absolute Gasteiger partial charge is 0.303 e. The lowest BCUT2D eigenvalue weighted by molar-refractivity contribution is -0.137. The van der Waals surface area contributed by atoms with Crippen LogP contribution in [-0.2, 0) is 9.59 Å². The van der Waals surface area contributed by atoms with Gasteiger partial charge in [0, 0.05) is 25.9 Å². The van der Waals surface area contributed by atoms with Crippen LogP contribution in [0.5, 0.6) is 0 Å². The summed E-state index contributed by atoms with van der Waals surface area (Å²) in [7, 11) is 0. The van der Waals surface area contributed by atoms with Crippen LogP contribution in [0.2, 0.25) is 0 Å². The second-order valence-corrected chi connectivity index (χ2v) is 5.17. The standard InChI is InChI=1S/C12H19NO3/c14-10(3-1-2-4-11(15)16)13-8-7-12(9-13)5-6-12/h1-9H2,(H,15,16). The Labute approximate surface area is 95.6 Å². The van der Waals surface area contributed by atoms with Gasteiger partial charge in [0.05, 0.1) is 0 Å². The molecule has 1 aliphatic carbocycles. The first kappa shape index (κ1) is 11.4. The third-order valence-electron chi connectivity index (χ3n) is 3.78. The highest BCUT2D eigenvalue weighted by Gasteiger charge is 2.48. The summed E-state index contributed by atoms with van der Waals surface area (Å²) in [6.45, 7) is 1.86. The molecule has 90 valence electrons. The number of likely N-dealkylation sites (tertiary alicyclic amines) is 1. The van der Waals surface area contributed by atoms with Crippen LogP contribution >= 0.6 is 0 Å². The molecule has 0 aromatic carbocycles. The van der Waals surface area contributed by atoms with E-state index in [0.717, 1.165) is 13.1 Å². The van der Waals surface area contributed by atoms with E-state index in [4.69, 9.17) is 5.11 Å². The normalized spacial score (nSPS) is 21.4. The highest BCUT2D eigenvalue weighted by atomic mass is 16.4. The molecule has 2 fully saturated rings. The van der Waals surface area contributed by atoms with Crippen molar-refractivity contribution in [3.63, 3.8) is 0 Å². The van der Waals surface area contributed by atoms with Gasteiger partial charge in [-0.1, -0.05) is 0 Å². The Balaban J connectivity index is 1.63. The van der Waals surface area contributed by atoms with Crippen molar-refractivity contribution >= 4 is 11.9 Å². The number of carbonyl (C=O) groups excluding carboxylic acids is 1. The third kappa shape index (κ3) is 2.74. The molecule has 0 atom stereocenters. The van der Waals surface area contributed by atoms with Gasteiger partial charge in [0.15, 0.2) is 0 Å². The van der Waals surface area contributed by atoms with Gasteiger partial charge in [-0.3, -0.25) is 9.59 Å². The van der Waals surface area contributed by atoms with Gasteiger partial charge in [-0.05, 0) is 37.5 Å². The molecule has 0 radical (unpaired) electrons. The monoisotopic (exact) mass is 225 g/mol. The van der Waals surface area contributed by atoms with Crippen LogP contribution in [-0.4, -0.2) is 35.0 Å². The Morgan fingerprint density at radius 2 is 1.81 bits per heavy atom. The number of hydrogen-bond acceptors (Lipinski definition) is 2. The van der Waals surface area contributed by atoms with E-state index >= 15 is 0 Å². The maximum absolute atomic E-state index is 11.8. The number of carboxylic acid groups (broad SMARTS) is 1. The molecule has 2 aliphatic rings. The lowest BCUT2D eigenvalue weighted by Crippen LogP contribution is -2.28. The van der Waals surface area contributed by atoms with Crippen LogP contribution in [0.4, 0.5) is 0 Å². The van der Waals surface area contributed by atoms with Crippen LogP contribution in [0.3, 0.4) is 0 Å². The van der Waals surface area contributed by atoms with Gasteiger partial charge in [0.2, 0.25) is 5.91 Å². The minimum atomic E-state index is -0.773. The molecule has 1 saturated carbocycles. The highest BCUT2D eigenvalue weighted by Crippen LogP contribution is 2.52. The molecule has 2 rings (SSSR count). The Bertz CT molecular complexity index is 297. The molecule has 0 bridgehead atoms. The summed E-state index contributed by atoms with van der Waals surface area (Å²) in [5.74, 6) is -0.556. The van der Waals surface area contributed by atoms with Crippen molar-refractivity contribution in [3.8, 4) is 0 Å². The summed E-state index contributed by atoms with van der Waals surface area (Å²) in [6, 6.07) is 0. The van der Waals surface area contributed by atoms with Gasteiger partial charge < -0.3 is 10.0 Å². The summed E-state index contributed by atoms with van der Waals surface area (Å²) in [6.07, 6.45) is 5.76. The maximum atomic E-state index is 11.8. The zero-order valence-electron chi connectivity index (χ0n) is 9.57. The van der Waals surface area contributed by atoms with Crippen molar-refractivity contribution in [1.82, 2.24) is 4.90 Å². The maximum Gasteiger partial charge on any atom is 0.303 e. The van der Waals surface area contributed by atoms with Gasteiger partial charge in [0.25, 0.3) is 0 Å². The molecule has 0 aromatic heterocycles. The average molecular weight is 225 g/mol. The molecule has 4 nitrogen and oxygen atoms in total. The molecule has 1 heterocycles. The summed E-state index contributed by atoms with van der Waals surface area (Å²) in [4.78, 5) is 24.0. The number of hydrogen-bond donors (Lipinski definition) is 1. The van der Waals surface area contributed by atoms with Crippen LogP contribution in [0.25, 0.3) is 0 Å². The molecule has 1 saturated heterocycles. The Morgan fingerprint density at radius 1 is 1.12 bits per heavy atom. The van der Waals surface area contributed by atoms with Gasteiger partial charge in [-0.2, -0.15) is 0 Å². The lowest BCUT2D eigenvalue weighted by atomic mass is 10.1. The first-order valence-electron chi connectivity index (χ1n) is 6.11. The van der Waals surface area contributed by atoms with E-state index in [0.29, 0.717) is 24.7 Å². The summed E-state index contributed by atoms with van der Waals surface area (Å²) >= 11 is 0. The summed E-state index contributed by atoms with van der Waals surface area (Å²) in [5, 5.41) is 8.47. The van der Waals surface area contributed by atoms with Crippen molar-refractivity contribution < 1.29 is 14.7 Å². The number of carboxylic acids is 1. The zero-order chi connectivity index (χ0) is 11.6. The molecule has 1 amide bonds. The van der Waals surface area contributed by atoms with E-state index in [1.807, 2.05) is 4.90 Å². The molecule has 4 heteroatoms. The van der Waals surface area contributed by atoms with Crippen molar-refractivity contribution in [2.75, 3.05) is 13.1 Å². The number of amides is 1. The molecule has 1 N–H and O–H groups in total. The Hall–Kier alpha value is -1.06. The van der Waals surface area contributed by atoms with Crippen LogP contribution in [0.1, 0.15) is 44.9 Å². The summed E-state index contributed by atoms with van der Waals surface area (Å²) < 4.78 is 0. The number of aliphatic carboxylic acids is 1. The van der Waals surface area contributed by atoms with Crippen LogP contribution < -0.4 is 0 Å². The zero-order valence-corrected chi connectivity index (χ0v) is 9.57. The number of carbonyl (C=O) groups is 2. The van der Waals surface area contributed by atoms with Crippen LogP contribution in [0.15, 0.2) is 0 Å². The van der Waals surface area contributed by atoms with Gasteiger partial charge in [-0.15, -0.1) is 0 Å². The minimum absolute atomic E-state index is 0.178. The fourth-order valence-electron chi connectivity index (χ4n) is 2.44. The topological polar surface area (TPSA) is 57.6 Å². The van der Waals surface area contributed by atoms with Crippen molar-refractivity contribution in [2.45, 2.75) is 44.9 Å². The third-order valence-corrected chi connectivity index (χ3v) is 3.78. The molecule has 1 spiro atoms. The average Bonchev–Trinajstić information content (AvgIpc) is 2.83. The van der Waals surface area contributed by atoms with Gasteiger partial charge >= 0.3 is 5.97 Å². The SMILES string of the molecule is O=C(O)CCCCC(=O)N1CCC2(CC2)C1. The first-order valence-corrected chi connectivity index (χ1v) is 6.11. The van der Waals surface area contributed by atoms with E-state index < -0.39 is 5.97 Å². The van der Waals surface area contributed by atoms with Gasteiger partial charge in [-0.25, -0.2) is 0 Å². The van der Waals surface area contributed by atoms with E-state index in [1.54, 1.807) is 0 Å². The fourth-order valence-corrected chi connectivity index (χ4v) is 2.44. The largest absolute Gasteiger partial charge is 0.481 e. The molecular weight excluding hydrogens is 206 g/mol. The predicted molar refractivity (Wildman–Crippen MR) is 59.0 cm³/mol. The van der Waals surface area contributed by atoms with E-state index in [9.17, 15) is 9.59 Å². The first-order chi connectivity index (χ1) is 7.61. The quantitative estimate of drug-likeness (QED) is 0.724. The fraction of sp³-hybridized carbons (Fsp3) is 0.833. The lowest BCUT2D eigenvalue weighted by Gasteiger charge is -2.15. The van der Waals surface area contributed by atoms with E-state index in [1.165, 1.54) is 19.3 Å². The minimum Gasteiger partial charge on any atom is -0.481 e. The van der Waals surface area contributed by atoms with Crippen molar-refractivity contribution in [3.05, 3.63) is 0 Å². The predicted octanol–water partition coefficient (Wildman–Crippen LogP) is 1.64. The second kappa shape index (κ2) is 4.44.